The van der Waals surface area contributed by atoms with Gasteiger partial charge in [0.1, 0.15) is 0 Å². The van der Waals surface area contributed by atoms with Crippen molar-refractivity contribution in [3.63, 3.8) is 0 Å². The lowest BCUT2D eigenvalue weighted by Gasteiger charge is -2.44. The molecule has 4 heteroatoms. The molecule has 0 spiro atoms. The van der Waals surface area contributed by atoms with E-state index in [0.717, 1.165) is 32.4 Å². The quantitative estimate of drug-likeness (QED) is 0.843. The Hall–Kier alpha value is -0.220. The van der Waals surface area contributed by atoms with Crippen molar-refractivity contribution in [2.45, 2.75) is 45.1 Å². The summed E-state index contributed by atoms with van der Waals surface area (Å²) in [6, 6.07) is 0.624. The zero-order chi connectivity index (χ0) is 12.3. The minimum absolute atomic E-state index is 0.472. The number of rotatable bonds is 3. The number of likely N-dealkylation sites (tertiary alicyclic amines) is 1. The van der Waals surface area contributed by atoms with E-state index >= 15 is 0 Å². The average molecular weight is 257 g/mol. The number of thioether (sulfide) groups is 1. The number of piperidine rings is 1. The van der Waals surface area contributed by atoms with Gasteiger partial charge in [-0.25, -0.2) is 0 Å². The van der Waals surface area contributed by atoms with Crippen molar-refractivity contribution in [3.8, 4) is 0 Å². The molecule has 0 aromatic carbocycles. The molecule has 98 valence electrons. The third-order valence-electron chi connectivity index (χ3n) is 4.39. The van der Waals surface area contributed by atoms with Gasteiger partial charge in [-0.2, -0.15) is 11.8 Å². The van der Waals surface area contributed by atoms with E-state index in [1.165, 1.54) is 24.3 Å². The topological polar surface area (TPSA) is 40.5 Å². The maximum absolute atomic E-state index is 11.5. The normalized spacial score (nSPS) is 35.7. The van der Waals surface area contributed by atoms with Crippen molar-refractivity contribution in [2.75, 3.05) is 24.6 Å². The largest absolute Gasteiger partial charge is 0.481 e. The molecule has 2 atom stereocenters. The highest BCUT2D eigenvalue weighted by molar-refractivity contribution is 7.99. The van der Waals surface area contributed by atoms with Gasteiger partial charge in [-0.3, -0.25) is 9.69 Å². The predicted molar refractivity (Wildman–Crippen MR) is 71.5 cm³/mol. The number of hydrogen-bond acceptors (Lipinski definition) is 3. The molecule has 2 saturated heterocycles. The minimum Gasteiger partial charge on any atom is -0.481 e. The van der Waals surface area contributed by atoms with E-state index in [9.17, 15) is 9.90 Å². The van der Waals surface area contributed by atoms with Gasteiger partial charge in [0.2, 0.25) is 0 Å². The standard InChI is InChI=1S/C13H23NO2S/c1-2-13(12(15)16)6-4-7-14(10-13)11-5-3-8-17-9-11/h11H,2-10H2,1H3,(H,15,16). The first-order valence-electron chi connectivity index (χ1n) is 6.73. The monoisotopic (exact) mass is 257 g/mol. The van der Waals surface area contributed by atoms with Crippen LogP contribution in [0.3, 0.4) is 0 Å². The van der Waals surface area contributed by atoms with E-state index in [-0.39, 0.29) is 0 Å². The number of hydrogen-bond donors (Lipinski definition) is 1. The molecule has 2 aliphatic heterocycles. The van der Waals surface area contributed by atoms with Crippen LogP contribution in [-0.2, 0) is 4.79 Å². The number of nitrogens with zero attached hydrogens (tertiary/aromatic N) is 1. The molecule has 3 nitrogen and oxygen atoms in total. The van der Waals surface area contributed by atoms with Crippen LogP contribution < -0.4 is 0 Å². The van der Waals surface area contributed by atoms with Crippen LogP contribution in [0, 0.1) is 5.41 Å². The van der Waals surface area contributed by atoms with Crippen LogP contribution in [0.15, 0.2) is 0 Å². The van der Waals surface area contributed by atoms with Gasteiger partial charge in [-0.05, 0) is 44.4 Å². The summed E-state index contributed by atoms with van der Waals surface area (Å²) < 4.78 is 0. The van der Waals surface area contributed by atoms with Crippen molar-refractivity contribution in [1.29, 1.82) is 0 Å². The molecular weight excluding hydrogens is 234 g/mol. The third kappa shape index (κ3) is 2.79. The molecule has 2 unspecified atom stereocenters. The van der Waals surface area contributed by atoms with Gasteiger partial charge in [0.05, 0.1) is 5.41 Å². The van der Waals surface area contributed by atoms with E-state index in [2.05, 4.69) is 4.90 Å². The molecule has 2 rings (SSSR count). The summed E-state index contributed by atoms with van der Waals surface area (Å²) in [6.07, 6.45) is 5.21. The Kier molecular flexibility index (Phi) is 4.36. The van der Waals surface area contributed by atoms with Crippen LogP contribution >= 0.6 is 11.8 Å². The first kappa shape index (κ1) is 13.2. The summed E-state index contributed by atoms with van der Waals surface area (Å²) in [6.45, 7) is 3.89. The first-order chi connectivity index (χ1) is 8.18. The lowest BCUT2D eigenvalue weighted by molar-refractivity contribution is -0.153. The Morgan fingerprint density at radius 3 is 2.94 bits per heavy atom. The number of carbonyl (C=O) groups is 1. The molecule has 0 saturated carbocycles. The summed E-state index contributed by atoms with van der Waals surface area (Å²) in [5.41, 5.74) is -0.472. The molecule has 0 aromatic heterocycles. The molecular formula is C13H23NO2S. The van der Waals surface area contributed by atoms with Crippen molar-refractivity contribution < 1.29 is 9.90 Å². The maximum Gasteiger partial charge on any atom is 0.310 e. The Labute approximate surface area is 108 Å². The van der Waals surface area contributed by atoms with Gasteiger partial charge in [0.15, 0.2) is 0 Å². The van der Waals surface area contributed by atoms with E-state index in [1.54, 1.807) is 0 Å². The fourth-order valence-corrected chi connectivity index (χ4v) is 4.29. The summed E-state index contributed by atoms with van der Waals surface area (Å²) in [5, 5.41) is 9.47. The molecule has 0 amide bonds. The van der Waals surface area contributed by atoms with E-state index < -0.39 is 11.4 Å². The van der Waals surface area contributed by atoms with Crippen molar-refractivity contribution in [2.24, 2.45) is 5.41 Å². The molecule has 17 heavy (non-hydrogen) atoms. The molecule has 2 aliphatic rings. The van der Waals surface area contributed by atoms with Crippen LogP contribution in [0.1, 0.15) is 39.0 Å². The van der Waals surface area contributed by atoms with E-state index in [0.29, 0.717) is 6.04 Å². The van der Waals surface area contributed by atoms with Crippen LogP contribution in [0.25, 0.3) is 0 Å². The Morgan fingerprint density at radius 2 is 2.35 bits per heavy atom. The van der Waals surface area contributed by atoms with Crippen LogP contribution in [0.5, 0.6) is 0 Å². The summed E-state index contributed by atoms with van der Waals surface area (Å²) in [4.78, 5) is 14.0. The summed E-state index contributed by atoms with van der Waals surface area (Å²) in [7, 11) is 0. The fourth-order valence-electron chi connectivity index (χ4n) is 3.11. The predicted octanol–water partition coefficient (Wildman–Crippen LogP) is 2.46. The Bertz CT molecular complexity index is 279. The lowest BCUT2D eigenvalue weighted by Crippen LogP contribution is -2.52. The highest BCUT2D eigenvalue weighted by Gasteiger charge is 2.42. The van der Waals surface area contributed by atoms with Crippen molar-refractivity contribution in [3.05, 3.63) is 0 Å². The first-order valence-corrected chi connectivity index (χ1v) is 7.88. The molecule has 1 N–H and O–H groups in total. The summed E-state index contributed by atoms with van der Waals surface area (Å²) >= 11 is 2.02. The zero-order valence-electron chi connectivity index (χ0n) is 10.7. The van der Waals surface area contributed by atoms with Crippen LogP contribution in [-0.4, -0.2) is 46.6 Å². The van der Waals surface area contributed by atoms with Crippen molar-refractivity contribution >= 4 is 17.7 Å². The van der Waals surface area contributed by atoms with Crippen LogP contribution in [0.4, 0.5) is 0 Å². The van der Waals surface area contributed by atoms with Gasteiger partial charge in [-0.15, -0.1) is 0 Å². The number of aliphatic carboxylic acids is 1. The zero-order valence-corrected chi connectivity index (χ0v) is 11.5. The Morgan fingerprint density at radius 1 is 1.53 bits per heavy atom. The highest BCUT2D eigenvalue weighted by Crippen LogP contribution is 2.36. The smallest absolute Gasteiger partial charge is 0.310 e. The third-order valence-corrected chi connectivity index (χ3v) is 5.59. The van der Waals surface area contributed by atoms with Gasteiger partial charge in [0.25, 0.3) is 0 Å². The second-order valence-corrected chi connectivity index (χ2v) is 6.53. The molecule has 0 bridgehead atoms. The Balaban J connectivity index is 2.02. The fraction of sp³-hybridized carbons (Fsp3) is 0.923. The maximum atomic E-state index is 11.5. The highest BCUT2D eigenvalue weighted by atomic mass is 32.2. The molecule has 2 fully saturated rings. The number of carboxylic acids is 1. The van der Waals surface area contributed by atoms with E-state index in [1.807, 2.05) is 18.7 Å². The van der Waals surface area contributed by atoms with Gasteiger partial charge in [0, 0.05) is 18.3 Å². The molecule has 0 radical (unpaired) electrons. The SMILES string of the molecule is CCC1(C(=O)O)CCCN(C2CCCSC2)C1. The molecule has 2 heterocycles. The second-order valence-electron chi connectivity index (χ2n) is 5.38. The number of carboxylic acid groups (broad SMARTS) is 1. The van der Waals surface area contributed by atoms with Crippen LogP contribution in [0.2, 0.25) is 0 Å². The molecule has 0 aliphatic carbocycles. The van der Waals surface area contributed by atoms with Gasteiger partial charge < -0.3 is 5.11 Å². The molecule has 0 aromatic rings. The summed E-state index contributed by atoms with van der Waals surface area (Å²) in [5.74, 6) is 1.88. The lowest BCUT2D eigenvalue weighted by atomic mass is 9.77. The van der Waals surface area contributed by atoms with Gasteiger partial charge in [-0.1, -0.05) is 6.92 Å². The minimum atomic E-state index is -0.590. The van der Waals surface area contributed by atoms with Gasteiger partial charge >= 0.3 is 5.97 Å². The average Bonchev–Trinajstić information content (AvgIpc) is 2.39. The van der Waals surface area contributed by atoms with Crippen molar-refractivity contribution in [1.82, 2.24) is 4.90 Å². The second kappa shape index (κ2) is 5.61. The van der Waals surface area contributed by atoms with E-state index in [4.69, 9.17) is 0 Å².